The lowest BCUT2D eigenvalue weighted by atomic mass is 10.1. The van der Waals surface area contributed by atoms with Crippen molar-refractivity contribution >= 4 is 45.0 Å². The Morgan fingerprint density at radius 1 is 1.15 bits per heavy atom. The Hall–Kier alpha value is -2.64. The molecule has 0 spiro atoms. The molecule has 26 heavy (non-hydrogen) atoms. The number of carbonyl (C=O) groups excluding carboxylic acids is 1. The normalized spacial score (nSPS) is 12.2. The molecule has 130 valence electrons. The lowest BCUT2D eigenvalue weighted by Gasteiger charge is -2.14. The fraction of sp³-hybridized carbons (Fsp3) is 0.105. The molecule has 2 aromatic carbocycles. The summed E-state index contributed by atoms with van der Waals surface area (Å²) >= 11 is 3.02. The monoisotopic (exact) mass is 381 g/mol. The maximum Gasteiger partial charge on any atom is 0.243 e. The minimum atomic E-state index is -0.436. The summed E-state index contributed by atoms with van der Waals surface area (Å²) < 4.78 is 6.99. The number of aromatic nitrogens is 2. The first-order valence-electron chi connectivity index (χ1n) is 8.00. The standard InChI is InChI=1S/C19H15N3O2S2/c1-12-11-16(22-24-12)21-18(23)17(13-7-3-2-4-8-13)26-19-20-14-9-5-6-10-15(14)25-19/h2-11,17H,1H3,(H,21,22,23)/t17-/m1/s1. The van der Waals surface area contributed by atoms with Gasteiger partial charge in [0.05, 0.1) is 10.2 Å². The van der Waals surface area contributed by atoms with Gasteiger partial charge in [0, 0.05) is 6.07 Å². The highest BCUT2D eigenvalue weighted by Gasteiger charge is 2.24. The van der Waals surface area contributed by atoms with Gasteiger partial charge in [0.25, 0.3) is 0 Å². The van der Waals surface area contributed by atoms with Crippen molar-refractivity contribution in [1.29, 1.82) is 0 Å². The van der Waals surface area contributed by atoms with Crippen LogP contribution in [0.15, 0.2) is 69.5 Å². The predicted octanol–water partition coefficient (Wildman–Crippen LogP) is 5.06. The van der Waals surface area contributed by atoms with E-state index in [1.807, 2.05) is 54.6 Å². The first kappa shape index (κ1) is 16.8. The van der Waals surface area contributed by atoms with Gasteiger partial charge in [-0.15, -0.1) is 11.3 Å². The number of para-hydroxylation sites is 1. The second-order valence-electron chi connectivity index (χ2n) is 5.67. The summed E-state index contributed by atoms with van der Waals surface area (Å²) in [5.41, 5.74) is 1.86. The molecule has 0 saturated heterocycles. The zero-order valence-corrected chi connectivity index (χ0v) is 15.5. The Balaban J connectivity index is 1.63. The lowest BCUT2D eigenvalue weighted by Crippen LogP contribution is -2.19. The third-order valence-corrected chi connectivity index (χ3v) is 6.10. The zero-order valence-electron chi connectivity index (χ0n) is 13.9. The third-order valence-electron chi connectivity index (χ3n) is 3.71. The Labute approximate surface area is 158 Å². The highest BCUT2D eigenvalue weighted by Crippen LogP contribution is 2.39. The molecule has 4 aromatic rings. The Bertz CT molecular complexity index is 1010. The summed E-state index contributed by atoms with van der Waals surface area (Å²) in [4.78, 5) is 17.5. The summed E-state index contributed by atoms with van der Waals surface area (Å²) in [6, 6.07) is 19.3. The Kier molecular flexibility index (Phi) is 4.73. The minimum Gasteiger partial charge on any atom is -0.360 e. The molecule has 1 amide bonds. The van der Waals surface area contributed by atoms with Gasteiger partial charge < -0.3 is 9.84 Å². The molecule has 5 nitrogen and oxygen atoms in total. The van der Waals surface area contributed by atoms with Crippen LogP contribution in [-0.2, 0) is 4.79 Å². The van der Waals surface area contributed by atoms with E-state index < -0.39 is 5.25 Å². The fourth-order valence-electron chi connectivity index (χ4n) is 2.52. The first-order valence-corrected chi connectivity index (χ1v) is 9.70. The van der Waals surface area contributed by atoms with Gasteiger partial charge in [-0.1, -0.05) is 59.4 Å². The van der Waals surface area contributed by atoms with Crippen molar-refractivity contribution in [3.05, 3.63) is 72.0 Å². The van der Waals surface area contributed by atoms with E-state index in [-0.39, 0.29) is 5.91 Å². The molecule has 0 fully saturated rings. The van der Waals surface area contributed by atoms with Crippen molar-refractivity contribution in [3.63, 3.8) is 0 Å². The Morgan fingerprint density at radius 2 is 1.92 bits per heavy atom. The molecule has 4 rings (SSSR count). The van der Waals surface area contributed by atoms with Crippen molar-refractivity contribution < 1.29 is 9.32 Å². The van der Waals surface area contributed by atoms with Crippen LogP contribution in [0.4, 0.5) is 5.82 Å². The van der Waals surface area contributed by atoms with Crippen LogP contribution in [0.2, 0.25) is 0 Å². The van der Waals surface area contributed by atoms with Gasteiger partial charge >= 0.3 is 0 Å². The average Bonchev–Trinajstić information content (AvgIpc) is 3.25. The van der Waals surface area contributed by atoms with Crippen molar-refractivity contribution in [1.82, 2.24) is 10.1 Å². The molecule has 1 N–H and O–H groups in total. The van der Waals surface area contributed by atoms with Crippen LogP contribution in [0, 0.1) is 6.92 Å². The number of rotatable bonds is 5. The number of aryl methyl sites for hydroxylation is 1. The van der Waals surface area contributed by atoms with Gasteiger partial charge in [0.15, 0.2) is 10.2 Å². The van der Waals surface area contributed by atoms with Crippen molar-refractivity contribution in [2.24, 2.45) is 0 Å². The topological polar surface area (TPSA) is 68.0 Å². The Morgan fingerprint density at radius 3 is 2.65 bits per heavy atom. The minimum absolute atomic E-state index is 0.159. The SMILES string of the molecule is Cc1cc(NC(=O)[C@H](Sc2nc3ccccc3s2)c2ccccc2)no1. The van der Waals surface area contributed by atoms with Crippen LogP contribution in [0.25, 0.3) is 10.2 Å². The number of carbonyl (C=O) groups is 1. The van der Waals surface area contributed by atoms with Crippen molar-refractivity contribution in [2.45, 2.75) is 16.5 Å². The van der Waals surface area contributed by atoms with Gasteiger partial charge in [0.2, 0.25) is 5.91 Å². The van der Waals surface area contributed by atoms with E-state index in [9.17, 15) is 4.79 Å². The van der Waals surface area contributed by atoms with Crippen LogP contribution in [0.1, 0.15) is 16.6 Å². The highest BCUT2D eigenvalue weighted by atomic mass is 32.2. The van der Waals surface area contributed by atoms with E-state index >= 15 is 0 Å². The number of hydrogen-bond donors (Lipinski definition) is 1. The van der Waals surface area contributed by atoms with Gasteiger partial charge in [-0.05, 0) is 24.6 Å². The van der Waals surface area contributed by atoms with Gasteiger partial charge in [-0.2, -0.15) is 0 Å². The van der Waals surface area contributed by atoms with Crippen LogP contribution in [-0.4, -0.2) is 16.0 Å². The fourth-order valence-corrected chi connectivity index (χ4v) is 4.78. The van der Waals surface area contributed by atoms with Crippen LogP contribution >= 0.6 is 23.1 Å². The van der Waals surface area contributed by atoms with E-state index in [1.54, 1.807) is 24.3 Å². The molecule has 0 radical (unpaired) electrons. The smallest absolute Gasteiger partial charge is 0.243 e. The molecule has 0 aliphatic rings. The van der Waals surface area contributed by atoms with E-state index in [0.29, 0.717) is 11.6 Å². The molecule has 0 unspecified atom stereocenters. The number of thiazole rings is 1. The molecular formula is C19H15N3O2S2. The first-order chi connectivity index (χ1) is 12.7. The van der Waals surface area contributed by atoms with Gasteiger partial charge in [-0.25, -0.2) is 4.98 Å². The van der Waals surface area contributed by atoms with Gasteiger partial charge in [-0.3, -0.25) is 4.79 Å². The zero-order chi connectivity index (χ0) is 17.9. The van der Waals surface area contributed by atoms with Crippen LogP contribution < -0.4 is 5.32 Å². The summed E-state index contributed by atoms with van der Waals surface area (Å²) in [7, 11) is 0. The molecule has 2 aromatic heterocycles. The number of nitrogens with zero attached hydrogens (tertiary/aromatic N) is 2. The second kappa shape index (κ2) is 7.31. The average molecular weight is 381 g/mol. The predicted molar refractivity (Wildman–Crippen MR) is 105 cm³/mol. The molecule has 0 saturated carbocycles. The summed E-state index contributed by atoms with van der Waals surface area (Å²) in [6.07, 6.45) is 0. The number of nitrogens with one attached hydrogen (secondary N) is 1. The summed E-state index contributed by atoms with van der Waals surface area (Å²) in [5.74, 6) is 0.905. The number of thioether (sulfide) groups is 1. The molecule has 0 aliphatic heterocycles. The van der Waals surface area contributed by atoms with Gasteiger partial charge in [0.1, 0.15) is 11.0 Å². The summed E-state index contributed by atoms with van der Waals surface area (Å²) in [6.45, 7) is 1.78. The van der Waals surface area contributed by atoms with Crippen molar-refractivity contribution in [2.75, 3.05) is 5.32 Å². The largest absolute Gasteiger partial charge is 0.360 e. The number of anilines is 1. The van der Waals surface area contributed by atoms with Crippen LogP contribution in [0.5, 0.6) is 0 Å². The maximum atomic E-state index is 12.9. The van der Waals surface area contributed by atoms with E-state index in [2.05, 4.69) is 15.5 Å². The van der Waals surface area contributed by atoms with E-state index in [1.165, 1.54) is 11.8 Å². The number of hydrogen-bond acceptors (Lipinski definition) is 6. The van der Waals surface area contributed by atoms with E-state index in [0.717, 1.165) is 20.1 Å². The maximum absolute atomic E-state index is 12.9. The van der Waals surface area contributed by atoms with Crippen molar-refractivity contribution in [3.8, 4) is 0 Å². The molecular weight excluding hydrogens is 366 g/mol. The quantitative estimate of drug-likeness (QED) is 0.489. The molecule has 0 bridgehead atoms. The summed E-state index contributed by atoms with van der Waals surface area (Å²) in [5, 5.41) is 6.24. The molecule has 1 atom stereocenters. The van der Waals surface area contributed by atoms with E-state index in [4.69, 9.17) is 4.52 Å². The third kappa shape index (κ3) is 3.63. The molecule has 2 heterocycles. The number of amides is 1. The lowest BCUT2D eigenvalue weighted by molar-refractivity contribution is -0.115. The number of benzene rings is 2. The second-order valence-corrected chi connectivity index (χ2v) is 8.05. The number of fused-ring (bicyclic) bond motifs is 1. The molecule has 0 aliphatic carbocycles. The van der Waals surface area contributed by atoms with Crippen LogP contribution in [0.3, 0.4) is 0 Å². The highest BCUT2D eigenvalue weighted by molar-refractivity contribution is 8.02. The molecule has 7 heteroatoms.